The molecule has 0 spiro atoms. The number of hydrogen-bond acceptors (Lipinski definition) is 1. The first-order valence-electron chi connectivity index (χ1n) is 8.16. The van der Waals surface area contributed by atoms with Gasteiger partial charge in [-0.1, -0.05) is 31.7 Å². The summed E-state index contributed by atoms with van der Waals surface area (Å²) in [6, 6.07) is 6.80. The summed E-state index contributed by atoms with van der Waals surface area (Å²) in [6.07, 6.45) is 13.6. The van der Waals surface area contributed by atoms with Crippen LogP contribution < -0.4 is 4.74 Å². The lowest BCUT2D eigenvalue weighted by Crippen LogP contribution is -2.15. The first-order chi connectivity index (χ1) is 9.42. The zero-order chi connectivity index (χ0) is 12.9. The fourth-order valence-electron chi connectivity index (χ4n) is 3.54. The lowest BCUT2D eigenvalue weighted by atomic mass is 9.90. The van der Waals surface area contributed by atoms with Crippen molar-refractivity contribution in [1.82, 2.24) is 0 Å². The van der Waals surface area contributed by atoms with Gasteiger partial charge < -0.3 is 4.74 Å². The highest BCUT2D eigenvalue weighted by Gasteiger charge is 2.14. The van der Waals surface area contributed by atoms with Crippen LogP contribution >= 0.6 is 0 Å². The molecule has 0 aliphatic heterocycles. The van der Waals surface area contributed by atoms with Crippen molar-refractivity contribution in [2.75, 3.05) is 6.61 Å². The summed E-state index contributed by atoms with van der Waals surface area (Å²) in [5, 5.41) is 0. The van der Waals surface area contributed by atoms with Crippen molar-refractivity contribution in [3.05, 3.63) is 29.3 Å². The Morgan fingerprint density at radius 1 is 0.842 bits per heavy atom. The van der Waals surface area contributed by atoms with Gasteiger partial charge in [0.25, 0.3) is 0 Å². The van der Waals surface area contributed by atoms with Crippen LogP contribution in [0.25, 0.3) is 0 Å². The zero-order valence-corrected chi connectivity index (χ0v) is 12.0. The Bertz CT molecular complexity index is 404. The monoisotopic (exact) mass is 258 g/mol. The van der Waals surface area contributed by atoms with E-state index < -0.39 is 0 Å². The van der Waals surface area contributed by atoms with Gasteiger partial charge in [0, 0.05) is 0 Å². The van der Waals surface area contributed by atoms with Gasteiger partial charge in [0.05, 0.1) is 6.61 Å². The van der Waals surface area contributed by atoms with Crippen molar-refractivity contribution < 1.29 is 4.74 Å². The van der Waals surface area contributed by atoms with Gasteiger partial charge in [-0.15, -0.1) is 0 Å². The maximum absolute atomic E-state index is 6.05. The minimum Gasteiger partial charge on any atom is -0.493 e. The molecule has 1 aromatic carbocycles. The van der Waals surface area contributed by atoms with Crippen LogP contribution in [0.5, 0.6) is 5.75 Å². The van der Waals surface area contributed by atoms with Crippen LogP contribution in [0, 0.1) is 5.92 Å². The Labute approximate surface area is 117 Å². The molecular weight excluding hydrogens is 232 g/mol. The van der Waals surface area contributed by atoms with Crippen molar-refractivity contribution in [2.45, 2.75) is 64.2 Å². The number of ether oxygens (including phenoxy) is 1. The fraction of sp³-hybridized carbons (Fsp3) is 0.667. The smallest absolute Gasteiger partial charge is 0.119 e. The molecule has 0 aromatic heterocycles. The zero-order valence-electron chi connectivity index (χ0n) is 12.0. The quantitative estimate of drug-likeness (QED) is 0.700. The molecule has 19 heavy (non-hydrogen) atoms. The van der Waals surface area contributed by atoms with E-state index in [0.29, 0.717) is 0 Å². The molecule has 0 radical (unpaired) electrons. The summed E-state index contributed by atoms with van der Waals surface area (Å²) in [6.45, 7) is 0.929. The summed E-state index contributed by atoms with van der Waals surface area (Å²) in [5.74, 6) is 1.90. The summed E-state index contributed by atoms with van der Waals surface area (Å²) in [4.78, 5) is 0. The van der Waals surface area contributed by atoms with E-state index in [-0.39, 0.29) is 0 Å². The fourth-order valence-corrected chi connectivity index (χ4v) is 3.54. The first kappa shape index (κ1) is 13.0. The Balaban J connectivity index is 1.60. The second-order valence-electron chi connectivity index (χ2n) is 6.31. The van der Waals surface area contributed by atoms with Crippen LogP contribution in [-0.4, -0.2) is 6.61 Å². The molecule has 2 aliphatic rings. The molecule has 0 N–H and O–H groups in total. The molecule has 0 amide bonds. The standard InChI is InChI=1S/C18H26O/c1-3-7-15(8-4-1)14-19-18-12-11-16-9-5-2-6-10-17(16)13-18/h11-13,15H,1-10,14H2. The van der Waals surface area contributed by atoms with Crippen molar-refractivity contribution in [3.8, 4) is 5.75 Å². The highest BCUT2D eigenvalue weighted by Crippen LogP contribution is 2.27. The summed E-state index contributed by atoms with van der Waals surface area (Å²) in [7, 11) is 0. The van der Waals surface area contributed by atoms with Gasteiger partial charge in [0.1, 0.15) is 5.75 Å². The van der Waals surface area contributed by atoms with Gasteiger partial charge in [0.15, 0.2) is 0 Å². The maximum atomic E-state index is 6.05. The van der Waals surface area contributed by atoms with Gasteiger partial charge >= 0.3 is 0 Å². The Morgan fingerprint density at radius 2 is 1.58 bits per heavy atom. The third-order valence-electron chi connectivity index (χ3n) is 4.78. The van der Waals surface area contributed by atoms with Crippen molar-refractivity contribution in [2.24, 2.45) is 5.92 Å². The number of rotatable bonds is 3. The molecule has 104 valence electrons. The Morgan fingerprint density at radius 3 is 2.42 bits per heavy atom. The second-order valence-corrected chi connectivity index (χ2v) is 6.31. The van der Waals surface area contributed by atoms with E-state index >= 15 is 0 Å². The van der Waals surface area contributed by atoms with Gasteiger partial charge in [-0.05, 0) is 67.7 Å². The van der Waals surface area contributed by atoms with Crippen LogP contribution in [0.15, 0.2) is 18.2 Å². The van der Waals surface area contributed by atoms with E-state index in [2.05, 4.69) is 18.2 Å². The number of fused-ring (bicyclic) bond motifs is 1. The Kier molecular flexibility index (Phi) is 4.42. The predicted octanol–water partition coefficient (Wildman–Crippen LogP) is 4.91. The SMILES string of the molecule is c1cc2c(cc1OCC1CCCCC1)CCCCC2. The number of aryl methyl sites for hydroxylation is 2. The van der Waals surface area contributed by atoms with E-state index in [0.717, 1.165) is 18.3 Å². The minimum absolute atomic E-state index is 0.799. The van der Waals surface area contributed by atoms with E-state index in [1.807, 2.05) is 0 Å². The minimum atomic E-state index is 0.799. The lowest BCUT2D eigenvalue weighted by molar-refractivity contribution is 0.208. The van der Waals surface area contributed by atoms with Crippen LogP contribution in [-0.2, 0) is 12.8 Å². The molecule has 1 aromatic rings. The predicted molar refractivity (Wildman–Crippen MR) is 79.8 cm³/mol. The average molecular weight is 258 g/mol. The summed E-state index contributed by atoms with van der Waals surface area (Å²) < 4.78 is 6.05. The van der Waals surface area contributed by atoms with E-state index in [1.165, 1.54) is 64.2 Å². The molecular formula is C18H26O. The molecule has 2 aliphatic carbocycles. The maximum Gasteiger partial charge on any atom is 0.119 e. The Hall–Kier alpha value is -0.980. The normalized spacial score (nSPS) is 20.6. The van der Waals surface area contributed by atoms with E-state index in [9.17, 15) is 0 Å². The second kappa shape index (κ2) is 6.45. The molecule has 1 nitrogen and oxygen atoms in total. The molecule has 1 saturated carbocycles. The molecule has 0 unspecified atom stereocenters. The van der Waals surface area contributed by atoms with Crippen LogP contribution in [0.1, 0.15) is 62.5 Å². The van der Waals surface area contributed by atoms with Crippen molar-refractivity contribution >= 4 is 0 Å². The van der Waals surface area contributed by atoms with Crippen molar-refractivity contribution in [3.63, 3.8) is 0 Å². The molecule has 0 saturated heterocycles. The highest BCUT2D eigenvalue weighted by molar-refractivity contribution is 5.36. The van der Waals surface area contributed by atoms with E-state index in [4.69, 9.17) is 4.74 Å². The third-order valence-corrected chi connectivity index (χ3v) is 4.78. The largest absolute Gasteiger partial charge is 0.493 e. The third kappa shape index (κ3) is 3.52. The molecule has 3 rings (SSSR count). The van der Waals surface area contributed by atoms with Gasteiger partial charge in [-0.2, -0.15) is 0 Å². The van der Waals surface area contributed by atoms with Gasteiger partial charge in [-0.3, -0.25) is 0 Å². The average Bonchev–Trinajstić information content (AvgIpc) is 2.71. The van der Waals surface area contributed by atoms with Crippen LogP contribution in [0.4, 0.5) is 0 Å². The van der Waals surface area contributed by atoms with Crippen LogP contribution in [0.2, 0.25) is 0 Å². The molecule has 1 fully saturated rings. The lowest BCUT2D eigenvalue weighted by Gasteiger charge is -2.22. The van der Waals surface area contributed by atoms with Gasteiger partial charge in [-0.25, -0.2) is 0 Å². The summed E-state index contributed by atoms with van der Waals surface area (Å²) in [5.41, 5.74) is 3.10. The topological polar surface area (TPSA) is 9.23 Å². The van der Waals surface area contributed by atoms with E-state index in [1.54, 1.807) is 11.1 Å². The molecule has 0 bridgehead atoms. The number of benzene rings is 1. The first-order valence-corrected chi connectivity index (χ1v) is 8.16. The molecule has 1 heteroatoms. The molecule has 0 heterocycles. The number of hydrogen-bond donors (Lipinski definition) is 0. The summed E-state index contributed by atoms with van der Waals surface area (Å²) >= 11 is 0. The highest BCUT2D eigenvalue weighted by atomic mass is 16.5. The van der Waals surface area contributed by atoms with Crippen LogP contribution in [0.3, 0.4) is 0 Å². The van der Waals surface area contributed by atoms with Crippen molar-refractivity contribution in [1.29, 1.82) is 0 Å². The molecule has 0 atom stereocenters. The van der Waals surface area contributed by atoms with Gasteiger partial charge in [0.2, 0.25) is 0 Å².